The smallest absolute Gasteiger partial charge is 0.380 e. The zero-order chi connectivity index (χ0) is 27.0. The van der Waals surface area contributed by atoms with Crippen molar-refractivity contribution < 1.29 is 22.7 Å². The number of anilines is 1. The average molecular weight is 540 g/mol. The first-order chi connectivity index (χ1) is 18.8. The molecule has 1 N–H and O–H groups in total. The van der Waals surface area contributed by atoms with Crippen LogP contribution in [0.1, 0.15) is 48.3 Å². The predicted molar refractivity (Wildman–Crippen MR) is 140 cm³/mol. The van der Waals surface area contributed by atoms with Crippen LogP contribution in [0.2, 0.25) is 0 Å². The number of fused-ring (bicyclic) bond motifs is 2. The third kappa shape index (κ3) is 5.63. The van der Waals surface area contributed by atoms with Crippen LogP contribution in [-0.4, -0.2) is 64.5 Å². The van der Waals surface area contributed by atoms with Gasteiger partial charge in [0, 0.05) is 49.9 Å². The summed E-state index contributed by atoms with van der Waals surface area (Å²) in [5.74, 6) is 1.34. The summed E-state index contributed by atoms with van der Waals surface area (Å²) >= 11 is 0. The third-order valence-electron chi connectivity index (χ3n) is 8.67. The maximum atomic E-state index is 13.3. The standard InChI is InChI=1S/C29H32F3N5O2/c30-29(31,32)22-3-4-27-25(11-22)28(36-17-35-27)34-12-24(38)10-21-15-37(23-6-8-39-16-23)14-20(21)9-19-2-1-18-5-7-33-13-26(18)19/h3-5,7,11,13,17,19-21,23H,1-2,6,8-10,12,14-16H2,(H,34,35,36)/t19?,20-,21?,23?/m0/s1. The number of ether oxygens (including phenoxy) is 1. The lowest BCUT2D eigenvalue weighted by Crippen LogP contribution is -2.34. The Morgan fingerprint density at radius 2 is 2.00 bits per heavy atom. The van der Waals surface area contributed by atoms with Crippen molar-refractivity contribution >= 4 is 22.5 Å². The SMILES string of the molecule is O=C(CNc1ncnc2ccc(C(F)(F)F)cc12)CC1CN(C2CCOC2)C[C@@H]1CC1CCc2ccncc21. The number of benzene rings is 1. The first-order valence-electron chi connectivity index (χ1n) is 13.7. The van der Waals surface area contributed by atoms with Crippen LogP contribution in [0, 0.1) is 11.8 Å². The number of nitrogens with one attached hydrogen (secondary N) is 1. The minimum Gasteiger partial charge on any atom is -0.380 e. The average Bonchev–Trinajstić information content (AvgIpc) is 3.68. The summed E-state index contributed by atoms with van der Waals surface area (Å²) in [6, 6.07) is 5.88. The summed E-state index contributed by atoms with van der Waals surface area (Å²) in [7, 11) is 0. The van der Waals surface area contributed by atoms with E-state index in [4.69, 9.17) is 4.74 Å². The van der Waals surface area contributed by atoms with E-state index >= 15 is 0 Å². The van der Waals surface area contributed by atoms with Gasteiger partial charge >= 0.3 is 6.18 Å². The minimum absolute atomic E-state index is 0.00823. The fraction of sp³-hybridized carbons (Fsp3) is 0.517. The van der Waals surface area contributed by atoms with Crippen molar-refractivity contribution in [3.8, 4) is 0 Å². The van der Waals surface area contributed by atoms with Gasteiger partial charge in [-0.05, 0) is 78.8 Å². The number of carbonyl (C=O) groups excluding carboxylic acids is 1. The Morgan fingerprint density at radius 1 is 1.13 bits per heavy atom. The molecule has 0 bridgehead atoms. The van der Waals surface area contributed by atoms with Gasteiger partial charge in [-0.3, -0.25) is 14.7 Å². The molecule has 2 aromatic heterocycles. The molecular formula is C29H32F3N5O2. The molecule has 0 saturated carbocycles. The number of hydrogen-bond acceptors (Lipinski definition) is 7. The summed E-state index contributed by atoms with van der Waals surface area (Å²) in [5, 5.41) is 3.25. The zero-order valence-corrected chi connectivity index (χ0v) is 21.7. The van der Waals surface area contributed by atoms with Crippen molar-refractivity contribution in [2.45, 2.75) is 50.2 Å². The number of rotatable bonds is 8. The van der Waals surface area contributed by atoms with E-state index in [1.807, 2.05) is 12.4 Å². The second kappa shape index (κ2) is 10.8. The van der Waals surface area contributed by atoms with Gasteiger partial charge in [-0.25, -0.2) is 9.97 Å². The van der Waals surface area contributed by atoms with Crippen LogP contribution in [0.3, 0.4) is 0 Å². The number of pyridine rings is 1. The molecular weight excluding hydrogens is 507 g/mol. The van der Waals surface area contributed by atoms with Gasteiger partial charge in [0.2, 0.25) is 0 Å². The lowest BCUT2D eigenvalue weighted by molar-refractivity contribution is -0.137. The Labute approximate surface area is 225 Å². The summed E-state index contributed by atoms with van der Waals surface area (Å²) < 4.78 is 45.4. The lowest BCUT2D eigenvalue weighted by atomic mass is 9.82. The van der Waals surface area contributed by atoms with Crippen LogP contribution < -0.4 is 5.32 Å². The lowest BCUT2D eigenvalue weighted by Gasteiger charge is -2.23. The van der Waals surface area contributed by atoms with Crippen molar-refractivity contribution in [2.75, 3.05) is 38.2 Å². The number of nitrogens with zero attached hydrogens (tertiary/aromatic N) is 4. The molecule has 2 saturated heterocycles. The predicted octanol–water partition coefficient (Wildman–Crippen LogP) is 4.87. The normalized spacial score (nSPS) is 25.3. The molecule has 4 heterocycles. The molecule has 3 aliphatic rings. The number of alkyl halides is 3. The molecule has 1 aromatic carbocycles. The summed E-state index contributed by atoms with van der Waals surface area (Å²) in [6.45, 7) is 3.36. The number of Topliss-reactive ketones (excluding diaryl/α,β-unsaturated/α-hetero) is 1. The molecule has 7 nitrogen and oxygen atoms in total. The van der Waals surface area contributed by atoms with E-state index in [0.717, 1.165) is 64.1 Å². The molecule has 10 heteroatoms. The molecule has 4 atom stereocenters. The number of likely N-dealkylation sites (tertiary alicyclic amines) is 1. The molecule has 0 amide bonds. The highest BCUT2D eigenvalue weighted by Crippen LogP contribution is 2.42. The Bertz CT molecular complexity index is 1340. The van der Waals surface area contributed by atoms with Gasteiger partial charge in [0.25, 0.3) is 0 Å². The first-order valence-corrected chi connectivity index (χ1v) is 13.7. The molecule has 3 aromatic rings. The van der Waals surface area contributed by atoms with Gasteiger partial charge in [-0.1, -0.05) is 0 Å². The van der Waals surface area contributed by atoms with Gasteiger partial charge < -0.3 is 10.1 Å². The second-order valence-electron chi connectivity index (χ2n) is 11.1. The van der Waals surface area contributed by atoms with E-state index in [0.29, 0.717) is 29.8 Å². The van der Waals surface area contributed by atoms with Gasteiger partial charge in [0.1, 0.15) is 12.1 Å². The quantitative estimate of drug-likeness (QED) is 0.438. The molecule has 1 aliphatic carbocycles. The summed E-state index contributed by atoms with van der Waals surface area (Å²) in [6.07, 6.45) is 5.36. The summed E-state index contributed by atoms with van der Waals surface area (Å²) in [4.78, 5) is 28.3. The topological polar surface area (TPSA) is 80.2 Å². The van der Waals surface area contributed by atoms with E-state index in [-0.39, 0.29) is 29.4 Å². The number of aryl methyl sites for hydroxylation is 1. The minimum atomic E-state index is -4.47. The highest BCUT2D eigenvalue weighted by Gasteiger charge is 2.40. The van der Waals surface area contributed by atoms with Crippen molar-refractivity contribution in [1.29, 1.82) is 0 Å². The van der Waals surface area contributed by atoms with E-state index in [1.54, 1.807) is 0 Å². The maximum absolute atomic E-state index is 13.3. The molecule has 3 unspecified atom stereocenters. The molecule has 0 spiro atoms. The van der Waals surface area contributed by atoms with E-state index in [2.05, 4.69) is 31.2 Å². The Kier molecular flexibility index (Phi) is 7.24. The largest absolute Gasteiger partial charge is 0.416 e. The van der Waals surface area contributed by atoms with E-state index < -0.39 is 11.7 Å². The fourth-order valence-corrected chi connectivity index (χ4v) is 6.63. The number of halogens is 3. The van der Waals surface area contributed by atoms with Crippen LogP contribution in [0.25, 0.3) is 10.9 Å². The van der Waals surface area contributed by atoms with Gasteiger partial charge in [-0.2, -0.15) is 13.2 Å². The van der Waals surface area contributed by atoms with Crippen LogP contribution in [0.15, 0.2) is 43.0 Å². The second-order valence-corrected chi connectivity index (χ2v) is 11.1. The number of aromatic nitrogens is 3. The maximum Gasteiger partial charge on any atom is 0.416 e. The van der Waals surface area contributed by atoms with Crippen LogP contribution >= 0.6 is 0 Å². The van der Waals surface area contributed by atoms with E-state index in [1.165, 1.54) is 23.5 Å². The molecule has 39 heavy (non-hydrogen) atoms. The van der Waals surface area contributed by atoms with Crippen molar-refractivity contribution in [2.24, 2.45) is 11.8 Å². The number of ketones is 1. The van der Waals surface area contributed by atoms with Crippen LogP contribution in [0.4, 0.5) is 19.0 Å². The van der Waals surface area contributed by atoms with Crippen molar-refractivity contribution in [3.05, 3.63) is 59.7 Å². The van der Waals surface area contributed by atoms with Crippen LogP contribution in [0.5, 0.6) is 0 Å². The Balaban J connectivity index is 1.14. The molecule has 6 rings (SSSR count). The number of carbonyl (C=O) groups is 1. The fourth-order valence-electron chi connectivity index (χ4n) is 6.63. The molecule has 0 radical (unpaired) electrons. The van der Waals surface area contributed by atoms with Gasteiger partial charge in [-0.15, -0.1) is 0 Å². The van der Waals surface area contributed by atoms with Crippen LogP contribution in [-0.2, 0) is 22.1 Å². The van der Waals surface area contributed by atoms with E-state index in [9.17, 15) is 18.0 Å². The molecule has 2 aliphatic heterocycles. The highest BCUT2D eigenvalue weighted by molar-refractivity contribution is 5.91. The molecule has 206 valence electrons. The number of hydrogen-bond donors (Lipinski definition) is 1. The monoisotopic (exact) mass is 539 g/mol. The first kappa shape index (κ1) is 26.1. The zero-order valence-electron chi connectivity index (χ0n) is 21.7. The summed E-state index contributed by atoms with van der Waals surface area (Å²) in [5.41, 5.74) is 2.36. The Morgan fingerprint density at radius 3 is 2.82 bits per heavy atom. The molecule has 2 fully saturated rings. The highest BCUT2D eigenvalue weighted by atomic mass is 19.4. The van der Waals surface area contributed by atoms with Gasteiger partial charge in [0.15, 0.2) is 5.78 Å². The van der Waals surface area contributed by atoms with Crippen molar-refractivity contribution in [1.82, 2.24) is 19.9 Å². The van der Waals surface area contributed by atoms with Crippen molar-refractivity contribution in [3.63, 3.8) is 0 Å². The third-order valence-corrected chi connectivity index (χ3v) is 8.67. The Hall–Kier alpha value is -3.11. The van der Waals surface area contributed by atoms with Gasteiger partial charge in [0.05, 0.1) is 24.2 Å².